The summed E-state index contributed by atoms with van der Waals surface area (Å²) >= 11 is 0. The fourth-order valence-electron chi connectivity index (χ4n) is 9.62. The second-order valence-electron chi connectivity index (χ2n) is 21.2. The van der Waals surface area contributed by atoms with Crippen molar-refractivity contribution in [1.82, 2.24) is 0 Å². The number of carbonyl (C=O) groups is 12. The first-order chi connectivity index (χ1) is 49.2. The molecule has 0 amide bonds. The first kappa shape index (κ1) is 78.5. The van der Waals surface area contributed by atoms with Crippen LogP contribution in [0.4, 0.5) is 0 Å². The van der Waals surface area contributed by atoms with Gasteiger partial charge in [0.2, 0.25) is 0 Å². The zero-order chi connectivity index (χ0) is 73.5. The monoisotopic (exact) mass is 1590 g/mol. The molecule has 0 saturated carbocycles. The standard InChI is InChI=1S/6C14H10O3.U/c6*15-13(10-6-2-1-3-7-10)11-8-4-5-9-12(11)14(16)17;/h6*1-9H,(H,16,17);/p-6. The number of carboxylic acid groups (broad SMARTS) is 6. The topological polar surface area (TPSA) is 343 Å². The smallest absolute Gasteiger partial charge is 0.193 e. The Hall–Kier alpha value is -13.5. The number of hydrogen-bond donors (Lipinski definition) is 0. The molecule has 0 N–H and O–H groups in total. The van der Waals surface area contributed by atoms with E-state index in [0.29, 0.717) is 33.4 Å². The number of hydrogen-bond acceptors (Lipinski definition) is 18. The van der Waals surface area contributed by atoms with E-state index >= 15 is 0 Å². The van der Waals surface area contributed by atoms with E-state index in [1.54, 1.807) is 255 Å². The number of rotatable bonds is 18. The first-order valence-electron chi connectivity index (χ1n) is 30.6. The van der Waals surface area contributed by atoms with E-state index in [1.165, 1.54) is 72.8 Å². The average molecular weight is 1590 g/mol. The summed E-state index contributed by atoms with van der Waals surface area (Å²) in [5, 5.41) is 65.4. The van der Waals surface area contributed by atoms with Crippen LogP contribution in [0.1, 0.15) is 158 Å². The molecule has 0 fully saturated rings. The Morgan fingerprint density at radius 2 is 0.223 bits per heavy atom. The maximum atomic E-state index is 12.1. The van der Waals surface area contributed by atoms with Gasteiger partial charge in [0.25, 0.3) is 0 Å². The third-order valence-electron chi connectivity index (χ3n) is 14.6. The predicted octanol–water partition coefficient (Wildman–Crippen LogP) is 7.69. The van der Waals surface area contributed by atoms with Crippen LogP contribution in [0.2, 0.25) is 0 Å². The molecule has 0 aliphatic carbocycles. The fraction of sp³-hybridized carbons (Fsp3) is 0. The normalized spacial score (nSPS) is 9.79. The zero-order valence-electron chi connectivity index (χ0n) is 54.0. The van der Waals surface area contributed by atoms with Gasteiger partial charge in [0, 0.05) is 131 Å². The molecule has 0 saturated heterocycles. The van der Waals surface area contributed by atoms with Crippen molar-refractivity contribution >= 4 is 70.5 Å². The second-order valence-corrected chi connectivity index (χ2v) is 21.2. The van der Waals surface area contributed by atoms with Crippen molar-refractivity contribution in [2.45, 2.75) is 0 Å². The van der Waals surface area contributed by atoms with E-state index in [4.69, 9.17) is 0 Å². The van der Waals surface area contributed by atoms with Crippen LogP contribution in [-0.2, 0) is 0 Å². The Kier molecular flexibility index (Phi) is 30.4. The van der Waals surface area contributed by atoms with E-state index in [-0.39, 0.29) is 133 Å². The van der Waals surface area contributed by atoms with Gasteiger partial charge in [-0.05, 0) is 0 Å². The molecule has 0 radical (unpaired) electrons. The summed E-state index contributed by atoms with van der Waals surface area (Å²) in [7, 11) is 0. The van der Waals surface area contributed by atoms with Crippen LogP contribution in [-0.4, -0.2) is 70.5 Å². The van der Waals surface area contributed by atoms with Gasteiger partial charge in [-0.3, -0.25) is 28.8 Å². The summed E-state index contributed by atoms with van der Waals surface area (Å²) in [4.78, 5) is 138. The summed E-state index contributed by atoms with van der Waals surface area (Å²) in [6.07, 6.45) is 0. The minimum Gasteiger partial charge on any atom is -0.545 e. The van der Waals surface area contributed by atoms with E-state index in [2.05, 4.69) is 0 Å². The molecule has 12 rings (SSSR count). The number of benzene rings is 12. The van der Waals surface area contributed by atoms with Crippen LogP contribution in [0.15, 0.2) is 328 Å². The summed E-state index contributed by atoms with van der Waals surface area (Å²) in [5.74, 6) is -9.94. The molecule has 0 aliphatic rings. The predicted molar refractivity (Wildman–Crippen MR) is 364 cm³/mol. The minimum absolute atomic E-state index is 0. The zero-order valence-corrected chi connectivity index (χ0v) is 58.2. The molecule has 0 atom stereocenters. The maximum absolute atomic E-state index is 12.1. The molecular formula is C84H54O18U-6. The van der Waals surface area contributed by atoms with Gasteiger partial charge in [0.1, 0.15) is 0 Å². The quantitative estimate of drug-likeness (QED) is 0.0743. The Balaban J connectivity index is 0.000000194. The largest absolute Gasteiger partial charge is 0.545 e. The van der Waals surface area contributed by atoms with E-state index in [9.17, 15) is 88.2 Å². The molecule has 508 valence electrons. The van der Waals surface area contributed by atoms with E-state index in [1.807, 2.05) is 0 Å². The van der Waals surface area contributed by atoms with Crippen molar-refractivity contribution in [3.8, 4) is 0 Å². The third kappa shape index (κ3) is 22.3. The molecule has 12 aromatic rings. The number of carbonyl (C=O) groups excluding carboxylic acids is 12. The van der Waals surface area contributed by atoms with Crippen LogP contribution in [0.5, 0.6) is 0 Å². The Bertz CT molecular complexity index is 4170. The van der Waals surface area contributed by atoms with Crippen LogP contribution in [0.25, 0.3) is 0 Å². The van der Waals surface area contributed by atoms with Crippen molar-refractivity contribution < 1.29 is 119 Å². The Morgan fingerprint density at radius 3 is 0.320 bits per heavy atom. The molecular weight excluding hydrogens is 1530 g/mol. The van der Waals surface area contributed by atoms with Crippen LogP contribution in [0, 0.1) is 31.1 Å². The van der Waals surface area contributed by atoms with Gasteiger partial charge >= 0.3 is 0 Å². The molecule has 19 heteroatoms. The SMILES string of the molecule is O=C([O-])c1ccccc1C(=O)c1ccccc1.O=C([O-])c1ccccc1C(=O)c1ccccc1.O=C([O-])c1ccccc1C(=O)c1ccccc1.O=C([O-])c1ccccc1C(=O)c1ccccc1.O=C([O-])c1ccccc1C(=O)c1ccccc1.O=C([O-])c1ccccc1C(=O)c1ccccc1.[U]. The fourth-order valence-corrected chi connectivity index (χ4v) is 9.62. The molecule has 0 unspecified atom stereocenters. The summed E-state index contributed by atoms with van der Waals surface area (Å²) in [6.45, 7) is 0. The molecule has 18 nitrogen and oxygen atoms in total. The minimum atomic E-state index is -1.34. The van der Waals surface area contributed by atoms with Crippen LogP contribution in [0.3, 0.4) is 0 Å². The van der Waals surface area contributed by atoms with Gasteiger partial charge in [0.05, 0.1) is 35.8 Å². The van der Waals surface area contributed by atoms with E-state index in [0.717, 1.165) is 0 Å². The van der Waals surface area contributed by atoms with Gasteiger partial charge < -0.3 is 59.4 Å². The van der Waals surface area contributed by atoms with Gasteiger partial charge in [-0.25, -0.2) is 0 Å². The molecule has 12 aromatic carbocycles. The van der Waals surface area contributed by atoms with E-state index < -0.39 is 35.8 Å². The van der Waals surface area contributed by atoms with Gasteiger partial charge in [0.15, 0.2) is 34.7 Å². The molecule has 0 spiro atoms. The molecule has 0 aliphatic heterocycles. The molecule has 0 aromatic heterocycles. The van der Waals surface area contributed by atoms with Crippen molar-refractivity contribution in [1.29, 1.82) is 0 Å². The van der Waals surface area contributed by atoms with Crippen molar-refractivity contribution in [3.05, 3.63) is 428 Å². The Morgan fingerprint density at radius 1 is 0.136 bits per heavy atom. The van der Waals surface area contributed by atoms with Crippen molar-refractivity contribution in [2.75, 3.05) is 0 Å². The molecule has 0 heterocycles. The van der Waals surface area contributed by atoms with Crippen LogP contribution < -0.4 is 30.6 Å². The number of ketones is 6. The third-order valence-corrected chi connectivity index (χ3v) is 14.6. The van der Waals surface area contributed by atoms with Gasteiger partial charge in [-0.1, -0.05) is 328 Å². The van der Waals surface area contributed by atoms with Crippen LogP contribution >= 0.6 is 0 Å². The first-order valence-corrected chi connectivity index (χ1v) is 30.6. The average Bonchev–Trinajstić information content (AvgIpc) is 0.870. The number of aromatic carboxylic acids is 6. The summed E-state index contributed by atoms with van der Waals surface area (Å²) < 4.78 is 0. The van der Waals surface area contributed by atoms with Gasteiger partial charge in [-0.2, -0.15) is 0 Å². The van der Waals surface area contributed by atoms with Gasteiger partial charge in [-0.15, -0.1) is 0 Å². The summed E-state index contributed by atoms with van der Waals surface area (Å²) in [6, 6.07) is 87.6. The second kappa shape index (κ2) is 39.8. The maximum Gasteiger partial charge on any atom is 0.193 e. The molecule has 0 bridgehead atoms. The number of carboxylic acids is 6. The summed E-state index contributed by atoms with van der Waals surface area (Å²) in [5.41, 5.74) is 3.17. The molecule has 103 heavy (non-hydrogen) atoms. The Labute approximate surface area is 613 Å². The van der Waals surface area contributed by atoms with Crippen molar-refractivity contribution in [2.24, 2.45) is 0 Å². The van der Waals surface area contributed by atoms with Crippen molar-refractivity contribution in [3.63, 3.8) is 0 Å².